The van der Waals surface area contributed by atoms with Gasteiger partial charge < -0.3 is 15.8 Å². The zero-order chi connectivity index (χ0) is 15.6. The standard InChI is InChI=1S/C13H16N4O3S/c1-4-20-13(19)10-6(2)7(3)21-12(10)15-11(18)8-5-9(14)17-16-8/h5H,4H2,1-3H3,(H,15,18)(H3,14,16,17). The number of nitrogens with two attached hydrogens (primary N) is 1. The lowest BCUT2D eigenvalue weighted by molar-refractivity contribution is 0.0527. The minimum Gasteiger partial charge on any atom is -0.462 e. The second-order valence-corrected chi connectivity index (χ2v) is 5.59. The molecule has 0 radical (unpaired) electrons. The van der Waals surface area contributed by atoms with Gasteiger partial charge in [0.05, 0.1) is 12.2 Å². The van der Waals surface area contributed by atoms with E-state index < -0.39 is 11.9 Å². The fraction of sp³-hybridized carbons (Fsp3) is 0.308. The first-order valence-corrected chi connectivity index (χ1v) is 7.15. The Balaban J connectivity index is 2.29. The molecule has 0 spiro atoms. The van der Waals surface area contributed by atoms with Crippen LogP contribution in [0, 0.1) is 13.8 Å². The van der Waals surface area contributed by atoms with Crippen molar-refractivity contribution in [2.75, 3.05) is 17.7 Å². The number of hydrogen-bond acceptors (Lipinski definition) is 6. The molecule has 2 aromatic heterocycles. The van der Waals surface area contributed by atoms with Gasteiger partial charge in [-0.05, 0) is 26.3 Å². The zero-order valence-corrected chi connectivity index (χ0v) is 12.8. The van der Waals surface area contributed by atoms with Crippen LogP contribution in [0.2, 0.25) is 0 Å². The summed E-state index contributed by atoms with van der Waals surface area (Å²) in [7, 11) is 0. The number of esters is 1. The molecule has 0 aliphatic rings. The van der Waals surface area contributed by atoms with E-state index in [-0.39, 0.29) is 18.1 Å². The number of nitrogens with zero attached hydrogens (tertiary/aromatic N) is 1. The van der Waals surface area contributed by atoms with Gasteiger partial charge in [-0.1, -0.05) is 0 Å². The number of H-pyrrole nitrogens is 1. The van der Waals surface area contributed by atoms with Gasteiger partial charge >= 0.3 is 5.97 Å². The van der Waals surface area contributed by atoms with Crippen molar-refractivity contribution in [2.24, 2.45) is 0 Å². The smallest absolute Gasteiger partial charge is 0.341 e. The van der Waals surface area contributed by atoms with Crippen LogP contribution in [0.1, 0.15) is 38.2 Å². The minimum atomic E-state index is -0.446. The first-order valence-electron chi connectivity index (χ1n) is 6.33. The summed E-state index contributed by atoms with van der Waals surface area (Å²) in [5.74, 6) is -0.630. The average Bonchev–Trinajstić information content (AvgIpc) is 2.95. The molecular weight excluding hydrogens is 292 g/mol. The average molecular weight is 308 g/mol. The van der Waals surface area contributed by atoms with Crippen LogP contribution in [-0.4, -0.2) is 28.7 Å². The van der Waals surface area contributed by atoms with Gasteiger partial charge in [0.25, 0.3) is 5.91 Å². The van der Waals surface area contributed by atoms with Crippen LogP contribution in [-0.2, 0) is 4.74 Å². The summed E-state index contributed by atoms with van der Waals surface area (Å²) in [4.78, 5) is 25.1. The number of rotatable bonds is 4. The number of anilines is 2. The molecular formula is C13H16N4O3S. The van der Waals surface area contributed by atoms with Crippen LogP contribution in [0.25, 0.3) is 0 Å². The Morgan fingerprint density at radius 1 is 1.48 bits per heavy atom. The van der Waals surface area contributed by atoms with Crippen molar-refractivity contribution >= 4 is 34.0 Å². The summed E-state index contributed by atoms with van der Waals surface area (Å²) in [5, 5.41) is 9.37. The monoisotopic (exact) mass is 308 g/mol. The molecule has 21 heavy (non-hydrogen) atoms. The van der Waals surface area contributed by atoms with E-state index in [1.54, 1.807) is 6.92 Å². The number of amides is 1. The quantitative estimate of drug-likeness (QED) is 0.749. The number of thiophene rings is 1. The molecule has 8 heteroatoms. The number of nitrogen functional groups attached to an aromatic ring is 1. The van der Waals surface area contributed by atoms with Crippen molar-refractivity contribution in [3.8, 4) is 0 Å². The fourth-order valence-electron chi connectivity index (χ4n) is 1.79. The summed E-state index contributed by atoms with van der Waals surface area (Å²) in [6, 6.07) is 1.42. The Morgan fingerprint density at radius 3 is 2.76 bits per heavy atom. The van der Waals surface area contributed by atoms with Gasteiger partial charge in [0.15, 0.2) is 0 Å². The summed E-state index contributed by atoms with van der Waals surface area (Å²) in [6.45, 7) is 5.71. The summed E-state index contributed by atoms with van der Waals surface area (Å²) in [5.41, 5.74) is 6.88. The number of carbonyl (C=O) groups excluding carboxylic acids is 2. The fourth-order valence-corrected chi connectivity index (χ4v) is 2.83. The Labute approximate surface area is 125 Å². The Kier molecular flexibility index (Phi) is 4.27. The third-order valence-corrected chi connectivity index (χ3v) is 4.06. The minimum absolute atomic E-state index is 0.226. The van der Waals surface area contributed by atoms with Crippen molar-refractivity contribution in [1.29, 1.82) is 0 Å². The van der Waals surface area contributed by atoms with Crippen LogP contribution in [0.4, 0.5) is 10.8 Å². The molecule has 0 atom stereocenters. The number of nitrogens with one attached hydrogen (secondary N) is 2. The van der Waals surface area contributed by atoms with E-state index in [4.69, 9.17) is 10.5 Å². The molecule has 1 amide bonds. The van der Waals surface area contributed by atoms with Gasteiger partial charge in [-0.15, -0.1) is 11.3 Å². The van der Waals surface area contributed by atoms with Crippen LogP contribution in [0.3, 0.4) is 0 Å². The maximum Gasteiger partial charge on any atom is 0.341 e. The predicted molar refractivity (Wildman–Crippen MR) is 80.7 cm³/mol. The molecule has 112 valence electrons. The number of aromatic amines is 1. The van der Waals surface area contributed by atoms with Crippen molar-refractivity contribution in [1.82, 2.24) is 10.2 Å². The highest BCUT2D eigenvalue weighted by Gasteiger charge is 2.22. The number of aromatic nitrogens is 2. The first kappa shape index (κ1) is 15.0. The zero-order valence-electron chi connectivity index (χ0n) is 11.9. The molecule has 0 saturated heterocycles. The van der Waals surface area contributed by atoms with Crippen LogP contribution in [0.15, 0.2) is 6.07 Å². The van der Waals surface area contributed by atoms with Crippen molar-refractivity contribution < 1.29 is 14.3 Å². The van der Waals surface area contributed by atoms with E-state index in [1.807, 2.05) is 13.8 Å². The normalized spacial score (nSPS) is 10.4. The number of aryl methyl sites for hydroxylation is 1. The molecule has 2 aromatic rings. The van der Waals surface area contributed by atoms with Gasteiger partial charge in [-0.25, -0.2) is 4.79 Å². The lowest BCUT2D eigenvalue weighted by Crippen LogP contribution is -2.15. The molecule has 2 rings (SSSR count). The van der Waals surface area contributed by atoms with E-state index in [9.17, 15) is 9.59 Å². The number of carbonyl (C=O) groups is 2. The molecule has 0 aliphatic carbocycles. The van der Waals surface area contributed by atoms with Gasteiger partial charge in [0, 0.05) is 10.9 Å². The second kappa shape index (κ2) is 5.96. The molecule has 0 fully saturated rings. The topological polar surface area (TPSA) is 110 Å². The summed E-state index contributed by atoms with van der Waals surface area (Å²) < 4.78 is 5.03. The van der Waals surface area contributed by atoms with E-state index >= 15 is 0 Å². The maximum absolute atomic E-state index is 12.1. The Morgan fingerprint density at radius 2 is 2.19 bits per heavy atom. The molecule has 0 bridgehead atoms. The lowest BCUT2D eigenvalue weighted by atomic mass is 10.1. The lowest BCUT2D eigenvalue weighted by Gasteiger charge is -2.06. The van der Waals surface area contributed by atoms with E-state index in [0.29, 0.717) is 10.6 Å². The Hall–Kier alpha value is -2.35. The molecule has 0 unspecified atom stereocenters. The second-order valence-electron chi connectivity index (χ2n) is 4.37. The molecule has 0 aromatic carbocycles. The largest absolute Gasteiger partial charge is 0.462 e. The molecule has 0 aliphatic heterocycles. The van der Waals surface area contributed by atoms with E-state index in [2.05, 4.69) is 15.5 Å². The van der Waals surface area contributed by atoms with Gasteiger partial charge in [0.1, 0.15) is 16.5 Å². The maximum atomic E-state index is 12.1. The summed E-state index contributed by atoms with van der Waals surface area (Å²) >= 11 is 1.33. The molecule has 2 heterocycles. The highest BCUT2D eigenvalue weighted by molar-refractivity contribution is 7.16. The number of ether oxygens (including phenoxy) is 1. The van der Waals surface area contributed by atoms with E-state index in [1.165, 1.54) is 17.4 Å². The number of hydrogen-bond donors (Lipinski definition) is 3. The first-order chi connectivity index (χ1) is 9.93. The van der Waals surface area contributed by atoms with Crippen molar-refractivity contribution in [2.45, 2.75) is 20.8 Å². The van der Waals surface area contributed by atoms with Crippen LogP contribution in [0.5, 0.6) is 0 Å². The van der Waals surface area contributed by atoms with Crippen molar-refractivity contribution in [3.05, 3.63) is 27.8 Å². The molecule has 7 nitrogen and oxygen atoms in total. The van der Waals surface area contributed by atoms with Gasteiger partial charge in [-0.3, -0.25) is 9.89 Å². The highest BCUT2D eigenvalue weighted by Crippen LogP contribution is 2.33. The summed E-state index contributed by atoms with van der Waals surface area (Å²) in [6.07, 6.45) is 0. The predicted octanol–water partition coefficient (Wildman–Crippen LogP) is 2.10. The SMILES string of the molecule is CCOC(=O)c1c(NC(=O)c2cc(N)n[nH]2)sc(C)c1C. The van der Waals surface area contributed by atoms with Gasteiger partial charge in [0.2, 0.25) is 0 Å². The Bertz CT molecular complexity index is 690. The molecule has 4 N–H and O–H groups in total. The third kappa shape index (κ3) is 3.05. The van der Waals surface area contributed by atoms with Crippen molar-refractivity contribution in [3.63, 3.8) is 0 Å². The highest BCUT2D eigenvalue weighted by atomic mass is 32.1. The van der Waals surface area contributed by atoms with E-state index in [0.717, 1.165) is 10.4 Å². The van der Waals surface area contributed by atoms with Crippen LogP contribution < -0.4 is 11.1 Å². The van der Waals surface area contributed by atoms with Gasteiger partial charge in [-0.2, -0.15) is 5.10 Å². The molecule has 0 saturated carbocycles. The third-order valence-electron chi connectivity index (χ3n) is 2.93. The van der Waals surface area contributed by atoms with Crippen LogP contribution >= 0.6 is 11.3 Å².